The number of aromatic nitrogens is 4. The van der Waals surface area contributed by atoms with Crippen LogP contribution in [0.25, 0.3) is 86.7 Å². The summed E-state index contributed by atoms with van der Waals surface area (Å²) in [6.07, 6.45) is 6.22. The number of aromatic amines is 2. The van der Waals surface area contributed by atoms with Gasteiger partial charge in [0, 0.05) is 65.5 Å². The number of hydrogen-bond donors (Lipinski definition) is 1. The fourth-order valence-electron chi connectivity index (χ4n) is 12.1. The summed E-state index contributed by atoms with van der Waals surface area (Å²) in [7, 11) is -7.07. The molecule has 0 amide bonds. The first-order valence-corrected chi connectivity index (χ1v) is 34.8. The van der Waals surface area contributed by atoms with Crippen LogP contribution in [0, 0.1) is 20.8 Å². The quantitative estimate of drug-likeness (QED) is 0.0294. The van der Waals surface area contributed by atoms with Crippen molar-refractivity contribution in [3.63, 3.8) is 0 Å². The lowest BCUT2D eigenvalue weighted by Crippen LogP contribution is -2.24. The number of hydrogen-bond acceptors (Lipinski definition) is 21. The number of carbonyl (C=O) groups is 7. The molecule has 14 aromatic rings. The number of aryl methyl sites for hydroxylation is 3. The first kappa shape index (κ1) is 72.8. The van der Waals surface area contributed by atoms with Crippen LogP contribution in [0.1, 0.15) is 89.2 Å². The average molecular weight is 1560 g/mol. The molecule has 3 N–H and O–H groups in total. The van der Waals surface area contributed by atoms with Crippen molar-refractivity contribution >= 4 is 224 Å². The fourth-order valence-corrected chi connectivity index (χ4v) is 14.8. The Labute approximate surface area is 613 Å². The number of H-pyrrole nitrogens is 2. The number of cyclic esters (lactones) is 4. The smallest absolute Gasteiger partial charge is 0.373 e. The number of esters is 7. The third-order valence-electron chi connectivity index (χ3n) is 16.5. The summed E-state index contributed by atoms with van der Waals surface area (Å²) in [6, 6.07) is 30.6. The Hall–Kier alpha value is -11.0. The summed E-state index contributed by atoms with van der Waals surface area (Å²) in [6.45, 7) is 5.47. The molecular formula is C72H39Cl6N4O20S2+. The van der Waals surface area contributed by atoms with Gasteiger partial charge in [0.1, 0.15) is 21.2 Å². The van der Waals surface area contributed by atoms with Crippen LogP contribution in [-0.2, 0) is 44.0 Å². The van der Waals surface area contributed by atoms with Gasteiger partial charge in [0.25, 0.3) is 10.1 Å². The minimum absolute atomic E-state index is 0.00655. The van der Waals surface area contributed by atoms with E-state index in [4.69, 9.17) is 112 Å². The molecule has 32 heteroatoms. The van der Waals surface area contributed by atoms with Crippen LogP contribution in [0.3, 0.4) is 0 Å². The Bertz CT molecular complexity index is 6020. The summed E-state index contributed by atoms with van der Waals surface area (Å²) in [5.41, 5.74) is 6.22. The van der Waals surface area contributed by atoms with Gasteiger partial charge in [0.2, 0.25) is 11.0 Å². The molecule has 4 aromatic heterocycles. The Balaban J connectivity index is 0.000000154. The minimum Gasteiger partial charge on any atom is -0.744 e. The summed E-state index contributed by atoms with van der Waals surface area (Å²) < 4.78 is 86.8. The minimum atomic E-state index is -4.27. The van der Waals surface area contributed by atoms with Crippen LogP contribution < -0.4 is 19.4 Å². The first-order valence-electron chi connectivity index (χ1n) is 29.7. The number of nitrogens with one attached hydrogen (secondary N) is 2. The van der Waals surface area contributed by atoms with Gasteiger partial charge in [-0.3, -0.25) is 14.5 Å². The lowest BCUT2D eigenvalue weighted by atomic mass is 9.88. The van der Waals surface area contributed by atoms with Gasteiger partial charge in [0.15, 0.2) is 23.9 Å². The van der Waals surface area contributed by atoms with E-state index < -0.39 is 62.0 Å². The van der Waals surface area contributed by atoms with Gasteiger partial charge in [-0.25, -0.2) is 51.9 Å². The molecular weight excluding hydrogens is 1520 g/mol. The second-order valence-corrected chi connectivity index (χ2v) is 28.1. The fraction of sp³-hybridized carbons (Fsp3) is 0.0556. The summed E-state index contributed by atoms with van der Waals surface area (Å²) in [5.74, 6) is -5.26. The standard InChI is InChI=1S/C35H16Cl6N2O6.C22H6N2O6.2C7H8O3S.CO2/c1-13-11-42-29-17-4-6-19(35(46)49-32-23(40)9-15(37)10-24(32)41)26-20(33(44)47-2)12-43-30(28(17)26)16-3-5-18(25(13)27(16)29)34(45)48-31-21(38)7-14(36)8-22(31)39;25-19-9-3-1-7-15-13(9)11(21(27)29-19)6-24-18(15)8-2-4-10-14-12(22(28)30-20(10)26)5-23-17(7)16(8)14;2*1-6-2-4-7(5-3-6)11(8,9)10;2-1-3/h3-12H,1-2H3;1-6H;2*2-5H,1H3,(H,8,9,10);/p+1. The maximum Gasteiger partial charge on any atom is 0.373 e. The molecule has 16 rings (SSSR count). The molecule has 24 nitrogen and oxygen atoms in total. The highest BCUT2D eigenvalue weighted by molar-refractivity contribution is 7.86. The van der Waals surface area contributed by atoms with Gasteiger partial charge < -0.3 is 28.2 Å². The van der Waals surface area contributed by atoms with E-state index in [1.165, 1.54) is 80.3 Å². The number of carbonyl (C=O) groups excluding carboxylic acids is 9. The average Bonchev–Trinajstić information content (AvgIpc) is 0.699. The van der Waals surface area contributed by atoms with Gasteiger partial charge in [-0.15, -0.1) is 0 Å². The van der Waals surface area contributed by atoms with Gasteiger partial charge in [-0.05, 0) is 111 Å². The molecule has 520 valence electrons. The highest BCUT2D eigenvalue weighted by Crippen LogP contribution is 2.46. The number of methoxy groups -OCH3 is 1. The van der Waals surface area contributed by atoms with E-state index in [2.05, 4.69) is 15.0 Å². The molecule has 0 fully saturated rings. The van der Waals surface area contributed by atoms with Crippen molar-refractivity contribution in [2.75, 3.05) is 7.11 Å². The first-order chi connectivity index (χ1) is 49.3. The van der Waals surface area contributed by atoms with E-state index in [0.29, 0.717) is 87.2 Å². The number of pyridine rings is 4. The molecule has 0 radical (unpaired) electrons. The lowest BCUT2D eigenvalue weighted by Gasteiger charge is -2.19. The van der Waals surface area contributed by atoms with Crippen LogP contribution in [0.5, 0.6) is 11.5 Å². The van der Waals surface area contributed by atoms with E-state index in [-0.39, 0.29) is 90.8 Å². The topological polar surface area (TPSA) is 365 Å². The van der Waals surface area contributed by atoms with Crippen LogP contribution in [0.4, 0.5) is 0 Å². The normalized spacial score (nSPS) is 12.4. The van der Waals surface area contributed by atoms with Crippen molar-refractivity contribution in [1.29, 1.82) is 0 Å². The van der Waals surface area contributed by atoms with Crippen LogP contribution >= 0.6 is 69.6 Å². The van der Waals surface area contributed by atoms with Crippen molar-refractivity contribution in [3.8, 4) is 11.5 Å². The predicted octanol–water partition coefficient (Wildman–Crippen LogP) is 14.5. The summed E-state index contributed by atoms with van der Waals surface area (Å²) in [5, 5.41) is 7.52. The highest BCUT2D eigenvalue weighted by atomic mass is 35.5. The summed E-state index contributed by atoms with van der Waals surface area (Å²) >= 11 is 37.3. The van der Waals surface area contributed by atoms with Gasteiger partial charge in [-0.1, -0.05) is 117 Å². The molecule has 6 heterocycles. The van der Waals surface area contributed by atoms with Crippen molar-refractivity contribution < 1.29 is 103 Å². The predicted molar refractivity (Wildman–Crippen MR) is 378 cm³/mol. The van der Waals surface area contributed by atoms with E-state index in [1.54, 1.807) is 79.9 Å². The molecule has 0 aliphatic carbocycles. The zero-order chi connectivity index (χ0) is 74.9. The molecule has 0 spiro atoms. The maximum atomic E-state index is 13.8. The Morgan fingerprint density at radius 2 is 0.846 bits per heavy atom. The van der Waals surface area contributed by atoms with E-state index >= 15 is 0 Å². The van der Waals surface area contributed by atoms with Crippen molar-refractivity contribution in [3.05, 3.63) is 232 Å². The zero-order valence-electron chi connectivity index (χ0n) is 53.0. The van der Waals surface area contributed by atoms with Crippen molar-refractivity contribution in [1.82, 2.24) is 9.97 Å². The number of halogens is 6. The largest absolute Gasteiger partial charge is 0.744 e. The molecule has 104 heavy (non-hydrogen) atoms. The van der Waals surface area contributed by atoms with E-state index in [0.717, 1.165) is 21.9 Å². The number of nitrogens with zero attached hydrogens (tertiary/aromatic N) is 2. The number of rotatable bonds is 7. The molecule has 0 atom stereocenters. The van der Waals surface area contributed by atoms with Crippen LogP contribution in [-0.4, -0.2) is 91.0 Å². The van der Waals surface area contributed by atoms with Crippen LogP contribution in [0.15, 0.2) is 156 Å². The number of benzene rings is 10. The molecule has 0 saturated heterocycles. The lowest BCUT2D eigenvalue weighted by molar-refractivity contribution is -0.345. The Morgan fingerprint density at radius 1 is 0.471 bits per heavy atom. The SMILES string of the molecule is COC(=O)c1cnc2c3ccc(C(=O)Oc4c(Cl)cc(Cl)cc4Cl)c4c(C)cnc(c5ccc(C(=O)Oc6c(Cl)cc(Cl)cc6Cl)c1c52)c43.Cc1ccc(S(=O)(=O)O)cc1.Cc1ccc(S(=O)(=O)[O-])cc1.O=C1OC(=O)c2c[nH+]c3c4ccc5c6c(c[nH+]c(c7ccc1c2c73)c64)C(=O)OC5=O.O=C=O. The second kappa shape index (κ2) is 28.3. The Morgan fingerprint density at radius 3 is 1.25 bits per heavy atom. The number of fused-ring (bicyclic) bond motifs is 4. The molecule has 0 unspecified atom stereocenters. The maximum absolute atomic E-state index is 13.8. The van der Waals surface area contributed by atoms with E-state index in [1.807, 2.05) is 13.8 Å². The second-order valence-electron chi connectivity index (χ2n) is 22.8. The molecule has 2 aliphatic rings. The van der Waals surface area contributed by atoms with Gasteiger partial charge in [-0.2, -0.15) is 18.0 Å². The third-order valence-corrected chi connectivity index (χ3v) is 19.8. The van der Waals surface area contributed by atoms with E-state index in [9.17, 15) is 55.0 Å². The van der Waals surface area contributed by atoms with Gasteiger partial charge in [0.05, 0.1) is 97.4 Å². The molecule has 0 saturated carbocycles. The monoisotopic (exact) mass is 1550 g/mol. The third kappa shape index (κ3) is 13.4. The number of ether oxygens (including phenoxy) is 5. The van der Waals surface area contributed by atoms with Crippen molar-refractivity contribution in [2.45, 2.75) is 30.6 Å². The Kier molecular flexibility index (Phi) is 19.8. The molecule has 0 bridgehead atoms. The molecule has 2 aliphatic heterocycles. The summed E-state index contributed by atoms with van der Waals surface area (Å²) in [4.78, 5) is 121. The van der Waals surface area contributed by atoms with Crippen molar-refractivity contribution in [2.24, 2.45) is 0 Å². The van der Waals surface area contributed by atoms with Gasteiger partial charge >= 0.3 is 47.9 Å². The highest BCUT2D eigenvalue weighted by Gasteiger charge is 2.38. The molecule has 10 aromatic carbocycles. The van der Waals surface area contributed by atoms with Crippen LogP contribution in [0.2, 0.25) is 30.1 Å². The zero-order valence-corrected chi connectivity index (χ0v) is 59.2.